The van der Waals surface area contributed by atoms with Gasteiger partial charge in [-0.1, -0.05) is 78.1 Å². The Kier molecular flexibility index (Phi) is 7.48. The number of thiazole rings is 1. The van der Waals surface area contributed by atoms with Crippen molar-refractivity contribution in [2.24, 2.45) is 0 Å². The van der Waals surface area contributed by atoms with E-state index in [1.54, 1.807) is 41.1 Å². The smallest absolute Gasteiger partial charge is 0.291 e. The van der Waals surface area contributed by atoms with Gasteiger partial charge in [0.2, 0.25) is 15.0 Å². The molecule has 0 saturated carbocycles. The average molecular weight is 623 g/mol. The number of rotatable bonds is 7. The van der Waals surface area contributed by atoms with Gasteiger partial charge in [0, 0.05) is 30.4 Å². The van der Waals surface area contributed by atoms with Crippen molar-refractivity contribution in [3.8, 4) is 16.9 Å². The largest absolute Gasteiger partial charge is 0.379 e. The summed E-state index contributed by atoms with van der Waals surface area (Å²) in [7, 11) is -3.64. The van der Waals surface area contributed by atoms with E-state index in [1.807, 2.05) is 72.9 Å². The molecule has 0 spiro atoms. The molecule has 44 heavy (non-hydrogen) atoms. The van der Waals surface area contributed by atoms with Gasteiger partial charge in [0.1, 0.15) is 0 Å². The second-order valence-corrected chi connectivity index (χ2v) is 13.0. The van der Waals surface area contributed by atoms with Crippen LogP contribution in [0.25, 0.3) is 40.1 Å². The zero-order valence-corrected chi connectivity index (χ0v) is 25.0. The monoisotopic (exact) mass is 622 g/mol. The van der Waals surface area contributed by atoms with Gasteiger partial charge in [0.15, 0.2) is 5.82 Å². The van der Waals surface area contributed by atoms with Crippen molar-refractivity contribution in [2.75, 3.05) is 26.3 Å². The van der Waals surface area contributed by atoms with E-state index in [4.69, 9.17) is 9.84 Å². The second-order valence-electron chi connectivity index (χ2n) is 10.1. The van der Waals surface area contributed by atoms with E-state index in [-0.39, 0.29) is 10.5 Å². The van der Waals surface area contributed by atoms with Crippen LogP contribution >= 0.6 is 11.3 Å². The zero-order valence-electron chi connectivity index (χ0n) is 23.4. The molecule has 0 aliphatic carbocycles. The third-order valence-electron chi connectivity index (χ3n) is 7.21. The van der Waals surface area contributed by atoms with Crippen molar-refractivity contribution in [2.45, 2.75) is 4.90 Å². The van der Waals surface area contributed by atoms with Crippen molar-refractivity contribution in [3.63, 3.8) is 0 Å². The Hall–Kier alpha value is -4.75. The molecule has 1 aliphatic heterocycles. The first kappa shape index (κ1) is 28.0. The molecular weight excluding hydrogens is 597 g/mol. The van der Waals surface area contributed by atoms with Crippen LogP contribution in [-0.2, 0) is 14.8 Å². The quantitative estimate of drug-likeness (QED) is 0.267. The molecule has 10 nitrogen and oxygen atoms in total. The fraction of sp³-hybridized carbons (Fsp3) is 0.125. The number of benzene rings is 3. The van der Waals surface area contributed by atoms with Crippen molar-refractivity contribution in [3.05, 3.63) is 123 Å². The summed E-state index contributed by atoms with van der Waals surface area (Å²) in [5.41, 5.74) is 3.60. The van der Waals surface area contributed by atoms with Crippen LogP contribution in [0.5, 0.6) is 0 Å². The van der Waals surface area contributed by atoms with Gasteiger partial charge in [-0.05, 0) is 42.0 Å². The molecule has 0 N–H and O–H groups in total. The second kappa shape index (κ2) is 11.7. The normalized spacial score (nSPS) is 15.0. The van der Waals surface area contributed by atoms with Crippen molar-refractivity contribution >= 4 is 44.5 Å². The summed E-state index contributed by atoms with van der Waals surface area (Å²) in [6.07, 6.45) is 7.32. The lowest BCUT2D eigenvalue weighted by Gasteiger charge is -2.26. The van der Waals surface area contributed by atoms with Gasteiger partial charge >= 0.3 is 0 Å². The lowest BCUT2D eigenvalue weighted by atomic mass is 10.1. The Morgan fingerprint density at radius 3 is 2.25 bits per heavy atom. The molecule has 0 unspecified atom stereocenters. The lowest BCUT2D eigenvalue weighted by molar-refractivity contribution is 0.0730. The van der Waals surface area contributed by atoms with E-state index in [0.29, 0.717) is 58.4 Å². The van der Waals surface area contributed by atoms with Crippen LogP contribution in [0.4, 0.5) is 0 Å². The molecule has 3 aromatic heterocycles. The van der Waals surface area contributed by atoms with Crippen molar-refractivity contribution in [1.82, 2.24) is 28.7 Å². The van der Waals surface area contributed by atoms with Crippen LogP contribution in [0.3, 0.4) is 0 Å². The highest BCUT2D eigenvalue weighted by Gasteiger charge is 2.26. The van der Waals surface area contributed by atoms with Crippen LogP contribution in [0.15, 0.2) is 101 Å². The molecule has 0 amide bonds. The summed E-state index contributed by atoms with van der Waals surface area (Å²) in [4.78, 5) is 18.6. The van der Waals surface area contributed by atoms with E-state index in [1.165, 1.54) is 20.2 Å². The molecule has 0 radical (unpaired) electrons. The fourth-order valence-corrected chi connectivity index (χ4v) is 7.26. The lowest BCUT2D eigenvalue weighted by Crippen LogP contribution is -2.40. The predicted molar refractivity (Wildman–Crippen MR) is 170 cm³/mol. The molecule has 1 fully saturated rings. The average Bonchev–Trinajstić information content (AvgIpc) is 3.76. The van der Waals surface area contributed by atoms with Crippen molar-refractivity contribution < 1.29 is 13.2 Å². The van der Waals surface area contributed by atoms with Crippen LogP contribution in [0, 0.1) is 0 Å². The summed E-state index contributed by atoms with van der Waals surface area (Å²) in [6.45, 7) is 1.41. The van der Waals surface area contributed by atoms with Crippen LogP contribution in [-0.4, -0.2) is 63.4 Å². The Bertz CT molecular complexity index is 2180. The Morgan fingerprint density at radius 2 is 1.55 bits per heavy atom. The summed E-state index contributed by atoms with van der Waals surface area (Å²) in [6, 6.07) is 26.1. The number of sulfonamides is 1. The van der Waals surface area contributed by atoms with E-state index < -0.39 is 10.0 Å². The number of aromatic nitrogens is 5. The van der Waals surface area contributed by atoms with Crippen LogP contribution in [0.2, 0.25) is 0 Å². The van der Waals surface area contributed by atoms with Crippen LogP contribution < -0.4 is 10.1 Å². The van der Waals surface area contributed by atoms with Gasteiger partial charge < -0.3 is 4.74 Å². The first-order valence-corrected chi connectivity index (χ1v) is 16.2. The Labute approximate surface area is 256 Å². The molecule has 12 heteroatoms. The molecule has 3 aromatic carbocycles. The predicted octanol–water partition coefficient (Wildman–Crippen LogP) is 3.74. The molecule has 7 rings (SSSR count). The number of fused-ring (bicyclic) bond motifs is 1. The summed E-state index contributed by atoms with van der Waals surface area (Å²) in [5, 5.41) is 9.23. The maximum atomic E-state index is 13.4. The molecule has 0 atom stereocenters. The molecule has 1 aliphatic rings. The maximum absolute atomic E-state index is 13.4. The molecular formula is C32H26N6O4S2. The Balaban J connectivity index is 1.26. The molecule has 4 heterocycles. The molecule has 220 valence electrons. The molecule has 0 bridgehead atoms. The fourth-order valence-electron chi connectivity index (χ4n) is 4.95. The number of ether oxygens (including phenoxy) is 1. The number of hydrogen-bond acceptors (Lipinski definition) is 8. The molecule has 6 aromatic rings. The van der Waals surface area contributed by atoms with Gasteiger partial charge in [-0.2, -0.15) is 18.9 Å². The van der Waals surface area contributed by atoms with Gasteiger partial charge in [0.05, 0.1) is 34.0 Å². The summed E-state index contributed by atoms with van der Waals surface area (Å²) >= 11 is 1.25. The van der Waals surface area contributed by atoms with E-state index >= 15 is 0 Å². The minimum Gasteiger partial charge on any atom is -0.379 e. The number of hydrogen-bond donors (Lipinski definition) is 0. The highest BCUT2D eigenvalue weighted by atomic mass is 32.2. The maximum Gasteiger partial charge on any atom is 0.291 e. The van der Waals surface area contributed by atoms with E-state index in [0.717, 1.165) is 11.3 Å². The third-order valence-corrected chi connectivity index (χ3v) is 10.1. The van der Waals surface area contributed by atoms with E-state index in [2.05, 4.69) is 10.1 Å². The number of para-hydroxylation sites is 1. The molecule has 1 saturated heterocycles. The minimum absolute atomic E-state index is 0.209. The van der Waals surface area contributed by atoms with Gasteiger partial charge in [-0.25, -0.2) is 13.1 Å². The summed E-state index contributed by atoms with van der Waals surface area (Å²) < 4.78 is 36.6. The zero-order chi connectivity index (χ0) is 30.1. The number of nitrogens with zero attached hydrogens (tertiary/aromatic N) is 6. The topological polar surface area (TPSA) is 112 Å². The highest BCUT2D eigenvalue weighted by Crippen LogP contribution is 2.27. The number of morpholine rings is 1. The minimum atomic E-state index is -3.64. The van der Waals surface area contributed by atoms with Gasteiger partial charge in [-0.3, -0.25) is 4.79 Å². The third kappa shape index (κ3) is 5.51. The van der Waals surface area contributed by atoms with Gasteiger partial charge in [-0.15, -0.1) is 5.10 Å². The van der Waals surface area contributed by atoms with E-state index in [9.17, 15) is 13.2 Å². The summed E-state index contributed by atoms with van der Waals surface area (Å²) in [5.74, 6) is 0.452. The first-order chi connectivity index (χ1) is 21.5. The Morgan fingerprint density at radius 1 is 0.841 bits per heavy atom. The van der Waals surface area contributed by atoms with Gasteiger partial charge in [0.25, 0.3) is 5.56 Å². The SMILES string of the molecule is O=c1/c(=C/c2cn(-c3ccccc3)nc2-c2ccc(S(=O)(=O)N3CCOCC3)cc2)sc2nc(/C=C/c3ccccc3)nn12. The highest BCUT2D eigenvalue weighted by molar-refractivity contribution is 7.89. The van der Waals surface area contributed by atoms with Crippen molar-refractivity contribution in [1.29, 1.82) is 0 Å². The van der Waals surface area contributed by atoms with Crippen LogP contribution in [0.1, 0.15) is 17.0 Å². The first-order valence-electron chi connectivity index (χ1n) is 13.9. The standard InChI is InChI=1S/C32H26N6O4S2/c39-31-28(43-32-33-29(34-38(31)32)16-11-23-7-3-1-4-8-23)21-25-22-37(26-9-5-2-6-10-26)35-30(25)24-12-14-27(15-13-24)44(40,41)36-17-19-42-20-18-36/h1-16,21-22H,17-20H2/b16-11+,28-21-.